The molecule has 0 aliphatic carbocycles. The van der Waals surface area contributed by atoms with Gasteiger partial charge >= 0.3 is 0 Å². The Morgan fingerprint density at radius 2 is 1.71 bits per heavy atom. The van der Waals surface area contributed by atoms with Crippen molar-refractivity contribution in [2.45, 2.75) is 19.4 Å². The summed E-state index contributed by atoms with van der Waals surface area (Å²) in [6.07, 6.45) is 0.396. The van der Waals surface area contributed by atoms with Crippen molar-refractivity contribution < 1.29 is 14.8 Å². The first kappa shape index (κ1) is 28.9. The molecule has 0 bridgehead atoms. The van der Waals surface area contributed by atoms with Crippen LogP contribution in [0.1, 0.15) is 32.7 Å². The highest BCUT2D eigenvalue weighted by molar-refractivity contribution is 6.30. The third-order valence-corrected chi connectivity index (χ3v) is 6.61. The molecular formula is C30H30ClN7O3. The fourth-order valence-electron chi connectivity index (χ4n) is 4.29. The van der Waals surface area contributed by atoms with Crippen molar-refractivity contribution in [3.63, 3.8) is 0 Å². The zero-order valence-electron chi connectivity index (χ0n) is 22.1. The maximum atomic E-state index is 13.0. The minimum atomic E-state index is -0.654. The number of benzene rings is 3. The first-order chi connectivity index (χ1) is 19.6. The molecule has 4 rings (SSSR count). The molecule has 0 saturated carbocycles. The highest BCUT2D eigenvalue weighted by Crippen LogP contribution is 2.26. The van der Waals surface area contributed by atoms with Crippen molar-refractivity contribution in [2.75, 3.05) is 12.3 Å². The quantitative estimate of drug-likeness (QED) is 0.0737. The Bertz CT molecular complexity index is 1680. The smallest absolute Gasteiger partial charge is 0.248 e. The van der Waals surface area contributed by atoms with Crippen LogP contribution in [-0.4, -0.2) is 34.1 Å². The Morgan fingerprint density at radius 1 is 0.951 bits per heavy atom. The minimum Gasteiger partial charge on any atom is -0.427 e. The van der Waals surface area contributed by atoms with Gasteiger partial charge in [0, 0.05) is 40.5 Å². The summed E-state index contributed by atoms with van der Waals surface area (Å²) in [4.78, 5) is 29.4. The molecule has 0 unspecified atom stereocenters. The number of amides is 2. The number of primary amides is 1. The Morgan fingerprint density at radius 3 is 2.39 bits per heavy atom. The lowest BCUT2D eigenvalue weighted by molar-refractivity contribution is -0.120. The SMILES string of the molecule is N=C(N)c1ccc(CNC(=O)Cc2c(-c3cc(N)cc(C(N)=O)c3)ccc(=NCCc3cccc(Cl)c3)n2O)cc1. The van der Waals surface area contributed by atoms with Crippen LogP contribution in [0.25, 0.3) is 11.1 Å². The summed E-state index contributed by atoms with van der Waals surface area (Å²) in [6.45, 7) is 0.595. The van der Waals surface area contributed by atoms with Crippen molar-refractivity contribution in [2.24, 2.45) is 16.5 Å². The first-order valence-corrected chi connectivity index (χ1v) is 13.1. The minimum absolute atomic E-state index is 0.0421. The Labute approximate surface area is 241 Å². The van der Waals surface area contributed by atoms with Crippen LogP contribution < -0.4 is 28.0 Å². The summed E-state index contributed by atoms with van der Waals surface area (Å²) >= 11 is 6.07. The summed E-state index contributed by atoms with van der Waals surface area (Å²) in [5.74, 6) is -1.06. The van der Waals surface area contributed by atoms with Crippen molar-refractivity contribution in [3.8, 4) is 11.1 Å². The predicted molar refractivity (Wildman–Crippen MR) is 159 cm³/mol. The molecule has 0 spiro atoms. The standard InChI is InChI=1S/C30H30ClN7O3/c31-23-3-1-2-18(12-23)10-11-36-27-9-8-25(21-13-22(30(35)40)15-24(32)14-21)26(38(27)41)16-28(39)37-17-19-4-6-20(7-5-19)29(33)34/h1-9,12-15,41H,10-11,16-17,32H2,(H3,33,34)(H2,35,40)(H,37,39). The number of nitrogens with one attached hydrogen (secondary N) is 2. The van der Waals surface area contributed by atoms with Crippen LogP contribution in [0.5, 0.6) is 0 Å². The molecular weight excluding hydrogens is 542 g/mol. The molecule has 41 heavy (non-hydrogen) atoms. The molecule has 0 saturated heterocycles. The molecule has 210 valence electrons. The van der Waals surface area contributed by atoms with E-state index in [-0.39, 0.29) is 41.5 Å². The average Bonchev–Trinajstić information content (AvgIpc) is 2.93. The lowest BCUT2D eigenvalue weighted by atomic mass is 9.98. The third-order valence-electron chi connectivity index (χ3n) is 6.38. The van der Waals surface area contributed by atoms with Crippen molar-refractivity contribution in [3.05, 3.63) is 117 Å². The fraction of sp³-hybridized carbons (Fsp3) is 0.133. The van der Waals surface area contributed by atoms with Crippen molar-refractivity contribution in [1.82, 2.24) is 10.0 Å². The number of anilines is 1. The molecule has 0 aliphatic heterocycles. The van der Waals surface area contributed by atoms with Gasteiger partial charge in [-0.1, -0.05) is 48.0 Å². The van der Waals surface area contributed by atoms with Crippen LogP contribution in [0.2, 0.25) is 5.02 Å². The van der Waals surface area contributed by atoms with Gasteiger partial charge in [-0.15, -0.1) is 0 Å². The third kappa shape index (κ3) is 7.52. The molecule has 3 aromatic carbocycles. The van der Waals surface area contributed by atoms with Gasteiger partial charge in [-0.05, 0) is 65.6 Å². The van der Waals surface area contributed by atoms with Crippen molar-refractivity contribution >= 4 is 34.9 Å². The van der Waals surface area contributed by atoms with Crippen LogP contribution in [0, 0.1) is 5.41 Å². The summed E-state index contributed by atoms with van der Waals surface area (Å²) < 4.78 is 0.877. The summed E-state index contributed by atoms with van der Waals surface area (Å²) in [6, 6.07) is 22.4. The van der Waals surface area contributed by atoms with Crippen LogP contribution >= 0.6 is 11.6 Å². The molecule has 0 aliphatic rings. The van der Waals surface area contributed by atoms with E-state index in [1.807, 2.05) is 18.2 Å². The van der Waals surface area contributed by atoms with Gasteiger partial charge in [0.2, 0.25) is 11.8 Å². The second kappa shape index (κ2) is 12.8. The number of pyridine rings is 1. The van der Waals surface area contributed by atoms with Gasteiger partial charge in [0.1, 0.15) is 5.84 Å². The van der Waals surface area contributed by atoms with E-state index in [2.05, 4.69) is 10.3 Å². The lowest BCUT2D eigenvalue weighted by Crippen LogP contribution is -2.30. The van der Waals surface area contributed by atoms with E-state index in [9.17, 15) is 14.8 Å². The maximum absolute atomic E-state index is 13.0. The number of hydrogen-bond donors (Lipinski definition) is 6. The number of nitrogens with two attached hydrogens (primary N) is 3. The van der Waals surface area contributed by atoms with Gasteiger partial charge in [0.15, 0.2) is 5.49 Å². The Balaban J connectivity index is 1.64. The number of halogens is 1. The number of amidine groups is 1. The molecule has 4 aromatic rings. The monoisotopic (exact) mass is 571 g/mol. The molecule has 10 nitrogen and oxygen atoms in total. The summed E-state index contributed by atoms with van der Waals surface area (Å²) in [5.41, 5.74) is 21.4. The topological polar surface area (TPSA) is 186 Å². The molecule has 2 amide bonds. The second-order valence-corrected chi connectivity index (χ2v) is 9.83. The highest BCUT2D eigenvalue weighted by atomic mass is 35.5. The Hall–Kier alpha value is -5.09. The number of aromatic nitrogens is 1. The number of nitrogen functional groups attached to an aromatic ring is 2. The average molecular weight is 572 g/mol. The number of carbonyl (C=O) groups excluding carboxylic acids is 2. The number of carbonyl (C=O) groups is 2. The van der Waals surface area contributed by atoms with E-state index in [4.69, 9.17) is 34.2 Å². The Kier molecular flexibility index (Phi) is 9.05. The zero-order valence-corrected chi connectivity index (χ0v) is 22.9. The van der Waals surface area contributed by atoms with Gasteiger partial charge < -0.3 is 27.7 Å². The second-order valence-electron chi connectivity index (χ2n) is 9.40. The molecule has 0 fully saturated rings. The molecule has 0 radical (unpaired) electrons. The van der Waals surface area contributed by atoms with Gasteiger partial charge in [-0.2, -0.15) is 4.73 Å². The van der Waals surface area contributed by atoms with Crippen LogP contribution in [0.3, 0.4) is 0 Å². The van der Waals surface area contributed by atoms with E-state index in [1.54, 1.807) is 54.6 Å². The van der Waals surface area contributed by atoms with Gasteiger partial charge in [-0.25, -0.2) is 0 Å². The zero-order chi connectivity index (χ0) is 29.5. The van der Waals surface area contributed by atoms with Crippen molar-refractivity contribution in [1.29, 1.82) is 5.41 Å². The lowest BCUT2D eigenvalue weighted by Gasteiger charge is -2.15. The number of hydrogen-bond acceptors (Lipinski definition) is 6. The fourth-order valence-corrected chi connectivity index (χ4v) is 4.50. The highest BCUT2D eigenvalue weighted by Gasteiger charge is 2.17. The molecule has 11 heteroatoms. The molecule has 1 aromatic heterocycles. The van der Waals surface area contributed by atoms with E-state index in [0.717, 1.165) is 15.9 Å². The van der Waals surface area contributed by atoms with E-state index in [0.29, 0.717) is 40.4 Å². The molecule has 1 heterocycles. The van der Waals surface area contributed by atoms with E-state index < -0.39 is 5.91 Å². The van der Waals surface area contributed by atoms with Gasteiger partial charge in [0.25, 0.3) is 0 Å². The maximum Gasteiger partial charge on any atom is 0.248 e. The molecule has 9 N–H and O–H groups in total. The van der Waals surface area contributed by atoms with Crippen LogP contribution in [-0.2, 0) is 24.2 Å². The van der Waals surface area contributed by atoms with Crippen LogP contribution in [0.15, 0.2) is 83.9 Å². The predicted octanol–water partition coefficient (Wildman–Crippen LogP) is 3.01. The molecule has 0 atom stereocenters. The largest absolute Gasteiger partial charge is 0.427 e. The van der Waals surface area contributed by atoms with E-state index >= 15 is 0 Å². The van der Waals surface area contributed by atoms with Crippen LogP contribution in [0.4, 0.5) is 5.69 Å². The number of nitrogens with zero attached hydrogens (tertiary/aromatic N) is 2. The first-order valence-electron chi connectivity index (χ1n) is 12.7. The van der Waals surface area contributed by atoms with Gasteiger partial charge in [-0.3, -0.25) is 20.0 Å². The van der Waals surface area contributed by atoms with Gasteiger partial charge in [0.05, 0.1) is 12.1 Å². The number of rotatable bonds is 10. The summed E-state index contributed by atoms with van der Waals surface area (Å²) in [7, 11) is 0. The summed E-state index contributed by atoms with van der Waals surface area (Å²) in [5, 5.41) is 22.2. The van der Waals surface area contributed by atoms with E-state index in [1.165, 1.54) is 6.07 Å². The normalized spacial score (nSPS) is 11.3.